The van der Waals surface area contributed by atoms with E-state index in [0.29, 0.717) is 0 Å². The number of nitrogens with one attached hydrogen (secondary N) is 2. The Morgan fingerprint density at radius 1 is 0.680 bits per heavy atom. The standard InChI is InChI=1S/C21H18ClN3/c22-21-24-19(17-9-5-2-6-10-17)23-20(25-21)18-13-11-16(12-14-18)15-7-3-1-4-8-15/h1-14,20-21,25H,(H,23,24). The van der Waals surface area contributed by atoms with Gasteiger partial charge in [-0.15, -0.1) is 0 Å². The van der Waals surface area contributed by atoms with E-state index in [1.807, 2.05) is 48.5 Å². The Morgan fingerprint density at radius 3 is 1.88 bits per heavy atom. The molecule has 4 rings (SSSR count). The fourth-order valence-electron chi connectivity index (χ4n) is 2.94. The van der Waals surface area contributed by atoms with Crippen molar-refractivity contribution in [3.05, 3.63) is 96.1 Å². The molecule has 0 bridgehead atoms. The van der Waals surface area contributed by atoms with Crippen molar-refractivity contribution >= 4 is 17.4 Å². The molecule has 0 amide bonds. The van der Waals surface area contributed by atoms with Crippen molar-refractivity contribution in [2.24, 2.45) is 4.99 Å². The highest BCUT2D eigenvalue weighted by atomic mass is 35.5. The first kappa shape index (κ1) is 15.9. The number of alkyl halides is 1. The average molecular weight is 348 g/mol. The van der Waals surface area contributed by atoms with Crippen molar-refractivity contribution in [2.75, 3.05) is 0 Å². The van der Waals surface area contributed by atoms with Crippen LogP contribution in [0.2, 0.25) is 0 Å². The Labute approximate surface area is 152 Å². The van der Waals surface area contributed by atoms with Crippen molar-refractivity contribution in [2.45, 2.75) is 11.8 Å². The van der Waals surface area contributed by atoms with Gasteiger partial charge in [0.1, 0.15) is 12.0 Å². The third kappa shape index (κ3) is 3.58. The second-order valence-electron chi connectivity index (χ2n) is 5.91. The monoisotopic (exact) mass is 347 g/mol. The van der Waals surface area contributed by atoms with E-state index in [0.717, 1.165) is 17.0 Å². The molecule has 2 N–H and O–H groups in total. The lowest BCUT2D eigenvalue weighted by Gasteiger charge is -2.29. The van der Waals surface area contributed by atoms with Gasteiger partial charge in [-0.05, 0) is 16.7 Å². The molecular formula is C21H18ClN3. The number of halogens is 1. The molecule has 1 aliphatic rings. The van der Waals surface area contributed by atoms with Gasteiger partial charge in [-0.3, -0.25) is 5.32 Å². The van der Waals surface area contributed by atoms with Gasteiger partial charge >= 0.3 is 0 Å². The van der Waals surface area contributed by atoms with Gasteiger partial charge in [0.15, 0.2) is 5.62 Å². The van der Waals surface area contributed by atoms with Crippen LogP contribution in [0.3, 0.4) is 0 Å². The summed E-state index contributed by atoms with van der Waals surface area (Å²) < 4.78 is 0. The average Bonchev–Trinajstić information content (AvgIpc) is 2.69. The number of aliphatic imine (C=N–C) groups is 1. The van der Waals surface area contributed by atoms with E-state index in [-0.39, 0.29) is 6.17 Å². The smallest absolute Gasteiger partial charge is 0.179 e. The molecule has 25 heavy (non-hydrogen) atoms. The molecule has 0 aromatic heterocycles. The van der Waals surface area contributed by atoms with Crippen LogP contribution in [0.25, 0.3) is 11.1 Å². The molecule has 0 spiro atoms. The zero-order chi connectivity index (χ0) is 17.1. The summed E-state index contributed by atoms with van der Waals surface area (Å²) in [6.07, 6.45) is -0.0833. The molecule has 1 heterocycles. The van der Waals surface area contributed by atoms with Crippen molar-refractivity contribution in [3.63, 3.8) is 0 Å². The zero-order valence-corrected chi connectivity index (χ0v) is 14.3. The van der Waals surface area contributed by atoms with E-state index >= 15 is 0 Å². The minimum Gasteiger partial charge on any atom is -0.350 e. The Kier molecular flexibility index (Phi) is 4.51. The van der Waals surface area contributed by atoms with E-state index in [2.05, 4.69) is 52.0 Å². The number of benzene rings is 3. The first-order valence-electron chi connectivity index (χ1n) is 8.25. The number of hydrogen-bond acceptors (Lipinski definition) is 3. The SMILES string of the molecule is ClC1N=C(c2ccccc2)NC(c2ccc(-c3ccccc3)cc2)N1. The molecule has 2 unspecified atom stereocenters. The molecular weight excluding hydrogens is 330 g/mol. The van der Waals surface area contributed by atoms with Gasteiger partial charge < -0.3 is 5.32 Å². The molecule has 0 saturated carbocycles. The number of nitrogens with zero attached hydrogens (tertiary/aromatic N) is 1. The molecule has 3 aromatic rings. The van der Waals surface area contributed by atoms with Crippen LogP contribution in [0.4, 0.5) is 0 Å². The van der Waals surface area contributed by atoms with Crippen molar-refractivity contribution < 1.29 is 0 Å². The van der Waals surface area contributed by atoms with Crippen LogP contribution in [-0.2, 0) is 0 Å². The van der Waals surface area contributed by atoms with Crippen LogP contribution in [0.1, 0.15) is 17.3 Å². The normalized spacial score (nSPS) is 19.8. The summed E-state index contributed by atoms with van der Waals surface area (Å²) in [5.41, 5.74) is 4.09. The molecule has 0 saturated heterocycles. The molecule has 1 aliphatic heterocycles. The van der Waals surface area contributed by atoms with Crippen molar-refractivity contribution in [1.29, 1.82) is 0 Å². The maximum absolute atomic E-state index is 6.29. The first-order chi connectivity index (χ1) is 12.3. The third-order valence-electron chi connectivity index (χ3n) is 4.23. The molecule has 4 heteroatoms. The van der Waals surface area contributed by atoms with Crippen molar-refractivity contribution in [1.82, 2.24) is 10.6 Å². The van der Waals surface area contributed by atoms with Gasteiger partial charge in [-0.1, -0.05) is 96.5 Å². The van der Waals surface area contributed by atoms with Crippen LogP contribution in [0.5, 0.6) is 0 Å². The van der Waals surface area contributed by atoms with Crippen LogP contribution >= 0.6 is 11.6 Å². The van der Waals surface area contributed by atoms with E-state index < -0.39 is 5.62 Å². The van der Waals surface area contributed by atoms with E-state index in [9.17, 15) is 0 Å². The summed E-state index contributed by atoms with van der Waals surface area (Å²) in [5.74, 6) is 0.802. The summed E-state index contributed by atoms with van der Waals surface area (Å²) in [6.45, 7) is 0. The molecule has 0 fully saturated rings. The lowest BCUT2D eigenvalue weighted by molar-refractivity contribution is 0.467. The fraction of sp³-hybridized carbons (Fsp3) is 0.0952. The summed E-state index contributed by atoms with van der Waals surface area (Å²) in [6, 6.07) is 28.9. The van der Waals surface area contributed by atoms with Crippen LogP contribution in [0.15, 0.2) is 89.9 Å². The Hall–Kier alpha value is -2.62. The Balaban J connectivity index is 1.57. The summed E-state index contributed by atoms with van der Waals surface area (Å²) in [7, 11) is 0. The van der Waals surface area contributed by atoms with Gasteiger partial charge in [0.05, 0.1) is 0 Å². The van der Waals surface area contributed by atoms with Crippen LogP contribution in [-0.4, -0.2) is 11.5 Å². The van der Waals surface area contributed by atoms with Gasteiger partial charge in [-0.25, -0.2) is 4.99 Å². The predicted molar refractivity (Wildman–Crippen MR) is 104 cm³/mol. The Bertz CT molecular complexity index is 861. The third-order valence-corrected chi connectivity index (χ3v) is 4.45. The molecule has 0 radical (unpaired) electrons. The summed E-state index contributed by atoms with van der Waals surface area (Å²) in [4.78, 5) is 4.45. The Morgan fingerprint density at radius 2 is 1.24 bits per heavy atom. The minimum atomic E-state index is -0.463. The highest BCUT2D eigenvalue weighted by Crippen LogP contribution is 2.23. The number of amidine groups is 1. The second kappa shape index (κ2) is 7.09. The minimum absolute atomic E-state index is 0.0833. The second-order valence-corrected chi connectivity index (χ2v) is 6.32. The molecule has 3 aromatic carbocycles. The lowest BCUT2D eigenvalue weighted by Crippen LogP contribution is -2.46. The highest BCUT2D eigenvalue weighted by molar-refractivity contribution is 6.21. The van der Waals surface area contributed by atoms with Gasteiger partial charge in [0.2, 0.25) is 0 Å². The van der Waals surface area contributed by atoms with E-state index in [1.54, 1.807) is 0 Å². The zero-order valence-electron chi connectivity index (χ0n) is 13.6. The van der Waals surface area contributed by atoms with Gasteiger partial charge in [0.25, 0.3) is 0 Å². The lowest BCUT2D eigenvalue weighted by atomic mass is 10.0. The summed E-state index contributed by atoms with van der Waals surface area (Å²) >= 11 is 6.29. The molecule has 2 atom stereocenters. The van der Waals surface area contributed by atoms with Gasteiger partial charge in [0, 0.05) is 5.56 Å². The van der Waals surface area contributed by atoms with Crippen LogP contribution in [0, 0.1) is 0 Å². The highest BCUT2D eigenvalue weighted by Gasteiger charge is 2.22. The topological polar surface area (TPSA) is 36.4 Å². The van der Waals surface area contributed by atoms with E-state index in [4.69, 9.17) is 11.6 Å². The number of rotatable bonds is 3. The molecule has 124 valence electrons. The summed E-state index contributed by atoms with van der Waals surface area (Å²) in [5, 5.41) is 6.69. The maximum Gasteiger partial charge on any atom is 0.179 e. The van der Waals surface area contributed by atoms with Crippen LogP contribution < -0.4 is 10.6 Å². The van der Waals surface area contributed by atoms with E-state index in [1.165, 1.54) is 11.1 Å². The fourth-order valence-corrected chi connectivity index (χ4v) is 3.16. The van der Waals surface area contributed by atoms with Gasteiger partial charge in [-0.2, -0.15) is 0 Å². The number of hydrogen-bond donors (Lipinski definition) is 2. The largest absolute Gasteiger partial charge is 0.350 e. The predicted octanol–water partition coefficient (Wildman–Crippen LogP) is 4.51. The first-order valence-corrected chi connectivity index (χ1v) is 8.68. The molecule has 0 aliphatic carbocycles. The quantitative estimate of drug-likeness (QED) is 0.540. The molecule has 3 nitrogen and oxygen atoms in total. The maximum atomic E-state index is 6.29. The van der Waals surface area contributed by atoms with Crippen molar-refractivity contribution in [3.8, 4) is 11.1 Å².